The zero-order valence-electron chi connectivity index (χ0n) is 13.5. The molecule has 0 aliphatic carbocycles. The summed E-state index contributed by atoms with van der Waals surface area (Å²) in [5, 5.41) is 9.20. The number of carbonyl (C=O) groups is 1. The lowest BCUT2D eigenvalue weighted by molar-refractivity contribution is -0.136. The van der Waals surface area contributed by atoms with Crippen LogP contribution >= 0.6 is 11.8 Å². The van der Waals surface area contributed by atoms with Crippen LogP contribution in [0.15, 0.2) is 66.0 Å². The molecule has 130 valence electrons. The predicted molar refractivity (Wildman–Crippen MR) is 96.3 cm³/mol. The zero-order chi connectivity index (χ0) is 17.9. The maximum Gasteiger partial charge on any atom is 0.321 e. The minimum atomic E-state index is -0.932. The summed E-state index contributed by atoms with van der Waals surface area (Å²) < 4.78 is 10.7. The molecule has 4 rings (SSSR count). The molecule has 1 N–H and O–H groups in total. The maximum absolute atomic E-state index is 11.7. The Hall–Kier alpha value is -3.06. The van der Waals surface area contributed by atoms with Crippen molar-refractivity contribution in [2.75, 3.05) is 6.79 Å². The molecule has 0 saturated carbocycles. The second-order valence-corrected chi connectivity index (χ2v) is 6.61. The molecule has 0 fully saturated rings. The van der Waals surface area contributed by atoms with E-state index >= 15 is 0 Å². The number of carboxylic acids is 1. The smallest absolute Gasteiger partial charge is 0.321 e. The van der Waals surface area contributed by atoms with Crippen LogP contribution in [0.25, 0.3) is 11.3 Å². The average Bonchev–Trinajstić information content (AvgIpc) is 3.14. The Kier molecular flexibility index (Phi) is 4.45. The molecule has 6 nitrogen and oxygen atoms in total. The summed E-state index contributed by atoms with van der Waals surface area (Å²) in [7, 11) is 0. The van der Waals surface area contributed by atoms with Crippen molar-refractivity contribution in [2.45, 2.75) is 10.4 Å². The summed E-state index contributed by atoms with van der Waals surface area (Å²) in [6.45, 7) is 0.209. The van der Waals surface area contributed by atoms with E-state index in [9.17, 15) is 9.90 Å². The van der Waals surface area contributed by atoms with Gasteiger partial charge in [-0.05, 0) is 29.8 Å². The van der Waals surface area contributed by atoms with Gasteiger partial charge in [-0.2, -0.15) is 0 Å². The van der Waals surface area contributed by atoms with Crippen molar-refractivity contribution in [1.29, 1.82) is 0 Å². The molecule has 0 spiro atoms. The highest BCUT2D eigenvalue weighted by molar-refractivity contribution is 8.00. The van der Waals surface area contributed by atoms with E-state index in [1.54, 1.807) is 24.4 Å². The normalized spacial score (nSPS) is 13.4. The summed E-state index contributed by atoms with van der Waals surface area (Å²) in [5.41, 5.74) is 2.24. The molecular formula is C19H14N2O4S. The lowest BCUT2D eigenvalue weighted by Crippen LogP contribution is -2.08. The number of aromatic nitrogens is 2. The molecule has 1 aliphatic rings. The Morgan fingerprint density at radius 1 is 1.08 bits per heavy atom. The zero-order valence-corrected chi connectivity index (χ0v) is 14.3. The van der Waals surface area contributed by atoms with Crippen LogP contribution < -0.4 is 9.47 Å². The minimum absolute atomic E-state index is 0.209. The Labute approximate surface area is 153 Å². The van der Waals surface area contributed by atoms with Crippen molar-refractivity contribution in [3.8, 4) is 22.8 Å². The van der Waals surface area contributed by atoms with Crippen LogP contribution in [0.5, 0.6) is 11.5 Å². The Morgan fingerprint density at radius 3 is 2.69 bits per heavy atom. The third kappa shape index (κ3) is 3.34. The molecule has 1 atom stereocenters. The minimum Gasteiger partial charge on any atom is -0.480 e. The number of thioether (sulfide) groups is 1. The van der Waals surface area contributed by atoms with Gasteiger partial charge in [-0.15, -0.1) is 0 Å². The first-order chi connectivity index (χ1) is 12.7. The van der Waals surface area contributed by atoms with Gasteiger partial charge in [0.15, 0.2) is 16.7 Å². The molecule has 0 saturated heterocycles. The lowest BCUT2D eigenvalue weighted by Gasteiger charge is -2.12. The highest BCUT2D eigenvalue weighted by Crippen LogP contribution is 2.37. The largest absolute Gasteiger partial charge is 0.480 e. The van der Waals surface area contributed by atoms with Gasteiger partial charge in [0, 0.05) is 11.8 Å². The van der Waals surface area contributed by atoms with Crippen molar-refractivity contribution < 1.29 is 19.4 Å². The van der Waals surface area contributed by atoms with E-state index in [0.29, 0.717) is 27.9 Å². The van der Waals surface area contributed by atoms with Crippen LogP contribution in [0.2, 0.25) is 0 Å². The van der Waals surface area contributed by atoms with Gasteiger partial charge in [0.25, 0.3) is 0 Å². The highest BCUT2D eigenvalue weighted by atomic mass is 32.2. The average molecular weight is 366 g/mol. The summed E-state index contributed by atoms with van der Waals surface area (Å²) >= 11 is 1.11. The number of carboxylic acid groups (broad SMARTS) is 1. The van der Waals surface area contributed by atoms with Gasteiger partial charge in [-0.3, -0.25) is 4.79 Å². The van der Waals surface area contributed by atoms with E-state index in [2.05, 4.69) is 9.97 Å². The van der Waals surface area contributed by atoms with E-state index in [1.807, 2.05) is 36.4 Å². The second kappa shape index (κ2) is 7.05. The summed E-state index contributed by atoms with van der Waals surface area (Å²) in [5.74, 6) is 0.439. The monoisotopic (exact) mass is 366 g/mol. The highest BCUT2D eigenvalue weighted by Gasteiger charge is 2.23. The van der Waals surface area contributed by atoms with Gasteiger partial charge in [-0.1, -0.05) is 42.1 Å². The first-order valence-corrected chi connectivity index (χ1v) is 8.76. The lowest BCUT2D eigenvalue weighted by atomic mass is 10.1. The fourth-order valence-electron chi connectivity index (χ4n) is 2.61. The molecule has 2 heterocycles. The molecule has 1 unspecified atom stereocenters. The topological polar surface area (TPSA) is 81.5 Å². The SMILES string of the molecule is O=C(O)C(Sc1nccc(-c2ccc3c(c2)OCO3)n1)c1ccccc1. The summed E-state index contributed by atoms with van der Waals surface area (Å²) in [4.78, 5) is 20.4. The van der Waals surface area contributed by atoms with Crippen LogP contribution in [0.3, 0.4) is 0 Å². The van der Waals surface area contributed by atoms with Crippen molar-refractivity contribution in [2.24, 2.45) is 0 Å². The molecular weight excluding hydrogens is 352 g/mol. The van der Waals surface area contributed by atoms with E-state index in [0.717, 1.165) is 17.3 Å². The first-order valence-electron chi connectivity index (χ1n) is 7.88. The molecule has 7 heteroatoms. The number of benzene rings is 2. The van der Waals surface area contributed by atoms with Gasteiger partial charge in [0.2, 0.25) is 6.79 Å². The molecule has 0 radical (unpaired) electrons. The van der Waals surface area contributed by atoms with E-state index in [-0.39, 0.29) is 6.79 Å². The number of rotatable bonds is 5. The molecule has 0 amide bonds. The van der Waals surface area contributed by atoms with Crippen molar-refractivity contribution in [3.63, 3.8) is 0 Å². The third-order valence-electron chi connectivity index (χ3n) is 3.85. The quantitative estimate of drug-likeness (QED) is 0.543. The number of hydrogen-bond donors (Lipinski definition) is 1. The van der Waals surface area contributed by atoms with Gasteiger partial charge in [0.1, 0.15) is 5.25 Å². The standard InChI is InChI=1S/C19H14N2O4S/c22-18(23)17(12-4-2-1-3-5-12)26-19-20-9-8-14(21-19)13-6-7-15-16(10-13)25-11-24-15/h1-10,17H,11H2,(H,22,23). The van der Waals surface area contributed by atoms with Crippen molar-refractivity contribution in [3.05, 3.63) is 66.4 Å². The van der Waals surface area contributed by atoms with Gasteiger partial charge >= 0.3 is 5.97 Å². The van der Waals surface area contributed by atoms with Gasteiger partial charge in [0.05, 0.1) is 5.69 Å². The molecule has 3 aromatic rings. The van der Waals surface area contributed by atoms with Crippen LogP contribution in [0.4, 0.5) is 0 Å². The second-order valence-electron chi connectivity index (χ2n) is 5.54. The number of hydrogen-bond acceptors (Lipinski definition) is 6. The summed E-state index contributed by atoms with van der Waals surface area (Å²) in [6.07, 6.45) is 1.62. The third-order valence-corrected chi connectivity index (χ3v) is 4.97. The Balaban J connectivity index is 1.62. The number of nitrogens with zero attached hydrogens (tertiary/aromatic N) is 2. The molecule has 1 aromatic heterocycles. The van der Waals surface area contributed by atoms with Gasteiger partial charge in [-0.25, -0.2) is 9.97 Å². The molecule has 1 aliphatic heterocycles. The molecule has 26 heavy (non-hydrogen) atoms. The van der Waals surface area contributed by atoms with E-state index < -0.39 is 11.2 Å². The van der Waals surface area contributed by atoms with Crippen molar-refractivity contribution in [1.82, 2.24) is 9.97 Å². The Morgan fingerprint density at radius 2 is 1.88 bits per heavy atom. The fraction of sp³-hybridized carbons (Fsp3) is 0.105. The molecule has 2 aromatic carbocycles. The van der Waals surface area contributed by atoms with Crippen LogP contribution in [-0.4, -0.2) is 27.8 Å². The number of fused-ring (bicyclic) bond motifs is 1. The van der Waals surface area contributed by atoms with Crippen molar-refractivity contribution >= 4 is 17.7 Å². The predicted octanol–water partition coefficient (Wildman–Crippen LogP) is 3.79. The van der Waals surface area contributed by atoms with Gasteiger partial charge < -0.3 is 14.6 Å². The maximum atomic E-state index is 11.7. The van der Waals surface area contributed by atoms with Crippen LogP contribution in [-0.2, 0) is 4.79 Å². The number of ether oxygens (including phenoxy) is 2. The van der Waals surface area contributed by atoms with E-state index in [1.165, 1.54) is 0 Å². The summed E-state index contributed by atoms with van der Waals surface area (Å²) in [6, 6.07) is 16.4. The fourth-order valence-corrected chi connectivity index (χ4v) is 3.49. The number of aliphatic carboxylic acids is 1. The molecule has 0 bridgehead atoms. The van der Waals surface area contributed by atoms with Crippen LogP contribution in [0.1, 0.15) is 10.8 Å². The van der Waals surface area contributed by atoms with Crippen LogP contribution in [0, 0.1) is 0 Å². The van der Waals surface area contributed by atoms with E-state index in [4.69, 9.17) is 9.47 Å². The first kappa shape index (κ1) is 16.4. The Bertz CT molecular complexity index is 949.